The molecule has 2 saturated heterocycles. The van der Waals surface area contributed by atoms with Crippen LogP contribution in [0.3, 0.4) is 0 Å². The summed E-state index contributed by atoms with van der Waals surface area (Å²) >= 11 is 0. The number of carbonyl (C=O) groups is 2. The van der Waals surface area contributed by atoms with Gasteiger partial charge in [-0.05, 0) is 12.5 Å². The zero-order chi connectivity index (χ0) is 19.2. The topological polar surface area (TPSA) is 65.1 Å². The van der Waals surface area contributed by atoms with Gasteiger partial charge in [-0.3, -0.25) is 9.69 Å². The first-order valence-corrected chi connectivity index (χ1v) is 9.69. The van der Waals surface area contributed by atoms with E-state index in [1.54, 1.807) is 11.8 Å². The maximum absolute atomic E-state index is 12.4. The number of amides is 3. The van der Waals surface area contributed by atoms with Gasteiger partial charge in [0.05, 0.1) is 12.7 Å². The van der Waals surface area contributed by atoms with E-state index in [1.807, 2.05) is 4.90 Å². The van der Waals surface area contributed by atoms with Gasteiger partial charge in [0.1, 0.15) is 0 Å². The van der Waals surface area contributed by atoms with Crippen LogP contribution >= 0.6 is 0 Å². The molecule has 2 aliphatic heterocycles. The van der Waals surface area contributed by atoms with Crippen molar-refractivity contribution in [3.8, 4) is 0 Å². The summed E-state index contributed by atoms with van der Waals surface area (Å²) in [6.45, 7) is 9.93. The lowest BCUT2D eigenvalue weighted by Crippen LogP contribution is -2.54. The SMILES string of the molecule is CC(=O)N1CCO[C@H](CNC(=O)N2CCN(Cc3cccc(C)c3)CC2)C1. The second kappa shape index (κ2) is 9.19. The van der Waals surface area contributed by atoms with Gasteiger partial charge in [0.15, 0.2) is 0 Å². The maximum Gasteiger partial charge on any atom is 0.317 e. The quantitative estimate of drug-likeness (QED) is 0.856. The molecule has 0 saturated carbocycles. The second-order valence-electron chi connectivity index (χ2n) is 7.40. The van der Waals surface area contributed by atoms with Crippen LogP contribution in [0.5, 0.6) is 0 Å². The van der Waals surface area contributed by atoms with Gasteiger partial charge in [-0.1, -0.05) is 29.8 Å². The van der Waals surface area contributed by atoms with E-state index in [1.165, 1.54) is 11.1 Å². The molecule has 2 heterocycles. The van der Waals surface area contributed by atoms with Crippen molar-refractivity contribution in [2.24, 2.45) is 0 Å². The van der Waals surface area contributed by atoms with Crippen molar-refractivity contribution < 1.29 is 14.3 Å². The van der Waals surface area contributed by atoms with Gasteiger partial charge >= 0.3 is 6.03 Å². The highest BCUT2D eigenvalue weighted by Crippen LogP contribution is 2.11. The van der Waals surface area contributed by atoms with Gasteiger partial charge in [0.25, 0.3) is 0 Å². The predicted octanol–water partition coefficient (Wildman–Crippen LogP) is 1.07. The third kappa shape index (κ3) is 5.68. The molecule has 7 nitrogen and oxygen atoms in total. The monoisotopic (exact) mass is 374 g/mol. The van der Waals surface area contributed by atoms with Crippen molar-refractivity contribution in [2.75, 3.05) is 52.4 Å². The van der Waals surface area contributed by atoms with Gasteiger partial charge in [0.2, 0.25) is 5.91 Å². The second-order valence-corrected chi connectivity index (χ2v) is 7.40. The van der Waals surface area contributed by atoms with Crippen molar-refractivity contribution in [1.82, 2.24) is 20.0 Å². The van der Waals surface area contributed by atoms with Crippen molar-refractivity contribution >= 4 is 11.9 Å². The zero-order valence-corrected chi connectivity index (χ0v) is 16.3. The standard InChI is InChI=1S/C20H30N4O3/c1-16-4-3-5-18(12-16)14-22-6-8-23(9-7-22)20(26)21-13-19-15-24(17(2)25)10-11-27-19/h3-5,12,19H,6-11,13-15H2,1-2H3,(H,21,26)/t19-/m1/s1. The fourth-order valence-electron chi connectivity index (χ4n) is 3.62. The minimum atomic E-state index is -0.130. The minimum Gasteiger partial charge on any atom is -0.373 e. The molecule has 0 aliphatic carbocycles. The Bertz CT molecular complexity index is 658. The molecule has 2 aliphatic rings. The van der Waals surface area contributed by atoms with E-state index >= 15 is 0 Å². The van der Waals surface area contributed by atoms with Crippen LogP contribution in [0.25, 0.3) is 0 Å². The van der Waals surface area contributed by atoms with Crippen molar-refractivity contribution in [1.29, 1.82) is 0 Å². The number of rotatable bonds is 4. The lowest BCUT2D eigenvalue weighted by Gasteiger charge is -2.36. The van der Waals surface area contributed by atoms with Gasteiger partial charge in [0, 0.05) is 59.3 Å². The Labute approximate surface area is 161 Å². The molecular formula is C20H30N4O3. The highest BCUT2D eigenvalue weighted by atomic mass is 16.5. The first kappa shape index (κ1) is 19.6. The van der Waals surface area contributed by atoms with Gasteiger partial charge in [-0.25, -0.2) is 4.79 Å². The summed E-state index contributed by atoms with van der Waals surface area (Å²) in [6.07, 6.45) is -0.130. The Kier molecular flexibility index (Phi) is 6.68. The molecular weight excluding hydrogens is 344 g/mol. The van der Waals surface area contributed by atoms with Gasteiger partial charge in [-0.15, -0.1) is 0 Å². The molecule has 3 rings (SSSR count). The Balaban J connectivity index is 1.39. The molecule has 0 radical (unpaired) electrons. The number of hydrogen-bond donors (Lipinski definition) is 1. The molecule has 1 N–H and O–H groups in total. The number of piperazine rings is 1. The highest BCUT2D eigenvalue weighted by molar-refractivity contribution is 5.74. The molecule has 0 spiro atoms. The lowest BCUT2D eigenvalue weighted by atomic mass is 10.1. The zero-order valence-electron chi connectivity index (χ0n) is 16.3. The number of carbonyl (C=O) groups excluding carboxylic acids is 2. The molecule has 148 valence electrons. The molecule has 1 aromatic carbocycles. The minimum absolute atomic E-state index is 0.0474. The average Bonchev–Trinajstić information content (AvgIpc) is 2.67. The summed E-state index contributed by atoms with van der Waals surface area (Å²) in [6, 6.07) is 8.52. The van der Waals surface area contributed by atoms with Crippen LogP contribution in [0.4, 0.5) is 4.79 Å². The first-order valence-electron chi connectivity index (χ1n) is 9.69. The fraction of sp³-hybridized carbons (Fsp3) is 0.600. The van der Waals surface area contributed by atoms with Gasteiger partial charge < -0.3 is 19.9 Å². The Morgan fingerprint density at radius 3 is 2.63 bits per heavy atom. The number of morpholine rings is 1. The predicted molar refractivity (Wildman–Crippen MR) is 103 cm³/mol. The van der Waals surface area contributed by atoms with Gasteiger partial charge in [-0.2, -0.15) is 0 Å². The fourth-order valence-corrected chi connectivity index (χ4v) is 3.62. The molecule has 1 aromatic rings. The molecule has 7 heteroatoms. The molecule has 3 amide bonds. The van der Waals surface area contributed by atoms with Crippen LogP contribution in [0.1, 0.15) is 18.1 Å². The van der Waals surface area contributed by atoms with E-state index in [0.717, 1.165) is 32.7 Å². The third-order valence-corrected chi connectivity index (χ3v) is 5.21. The average molecular weight is 374 g/mol. The smallest absolute Gasteiger partial charge is 0.317 e. The van der Waals surface area contributed by atoms with Crippen LogP contribution in [0.2, 0.25) is 0 Å². The summed E-state index contributed by atoms with van der Waals surface area (Å²) in [5.41, 5.74) is 2.59. The van der Waals surface area contributed by atoms with Crippen LogP contribution in [0.15, 0.2) is 24.3 Å². The number of benzene rings is 1. The number of nitrogens with zero attached hydrogens (tertiary/aromatic N) is 3. The van der Waals surface area contributed by atoms with E-state index in [2.05, 4.69) is 41.4 Å². The summed E-state index contributed by atoms with van der Waals surface area (Å²) < 4.78 is 5.65. The normalized spacial score (nSPS) is 21.2. The number of ether oxygens (including phenoxy) is 1. The molecule has 0 bridgehead atoms. The van der Waals surface area contributed by atoms with Crippen LogP contribution in [0, 0.1) is 6.92 Å². The van der Waals surface area contributed by atoms with Crippen LogP contribution in [-0.2, 0) is 16.1 Å². The summed E-state index contributed by atoms with van der Waals surface area (Å²) in [7, 11) is 0. The Hall–Kier alpha value is -2.12. The Morgan fingerprint density at radius 1 is 1.15 bits per heavy atom. The number of aryl methyl sites for hydroxylation is 1. The van der Waals surface area contributed by atoms with Crippen LogP contribution < -0.4 is 5.32 Å². The summed E-state index contributed by atoms with van der Waals surface area (Å²) in [4.78, 5) is 29.9. The molecule has 0 aromatic heterocycles. The number of nitrogens with one attached hydrogen (secondary N) is 1. The van der Waals surface area contributed by atoms with E-state index in [-0.39, 0.29) is 18.0 Å². The summed E-state index contributed by atoms with van der Waals surface area (Å²) in [5.74, 6) is 0.0550. The van der Waals surface area contributed by atoms with E-state index in [0.29, 0.717) is 26.2 Å². The Morgan fingerprint density at radius 2 is 1.93 bits per heavy atom. The molecule has 27 heavy (non-hydrogen) atoms. The number of hydrogen-bond acceptors (Lipinski definition) is 4. The first-order chi connectivity index (χ1) is 13.0. The largest absolute Gasteiger partial charge is 0.373 e. The van der Waals surface area contributed by atoms with Crippen molar-refractivity contribution in [2.45, 2.75) is 26.5 Å². The van der Waals surface area contributed by atoms with Crippen molar-refractivity contribution in [3.05, 3.63) is 35.4 Å². The molecule has 1 atom stereocenters. The van der Waals surface area contributed by atoms with Crippen LogP contribution in [-0.4, -0.2) is 85.2 Å². The summed E-state index contributed by atoms with van der Waals surface area (Å²) in [5, 5.41) is 2.96. The van der Waals surface area contributed by atoms with E-state index in [9.17, 15) is 9.59 Å². The lowest BCUT2D eigenvalue weighted by molar-refractivity contribution is -0.136. The molecule has 0 unspecified atom stereocenters. The highest BCUT2D eigenvalue weighted by Gasteiger charge is 2.25. The maximum atomic E-state index is 12.4. The number of urea groups is 1. The van der Waals surface area contributed by atoms with E-state index < -0.39 is 0 Å². The third-order valence-electron chi connectivity index (χ3n) is 5.21. The van der Waals surface area contributed by atoms with Crippen molar-refractivity contribution in [3.63, 3.8) is 0 Å². The van der Waals surface area contributed by atoms with E-state index in [4.69, 9.17) is 4.74 Å². The molecule has 2 fully saturated rings.